The molecule has 104 valence electrons. The molecule has 3 nitrogen and oxygen atoms in total. The molecule has 0 amide bonds. The molecule has 0 spiro atoms. The lowest BCUT2D eigenvalue weighted by atomic mass is 9.93. The molecule has 2 heterocycles. The first kappa shape index (κ1) is 12.3. The highest BCUT2D eigenvalue weighted by molar-refractivity contribution is 5.69. The molecule has 0 aliphatic heterocycles. The molecular weight excluding hydrogens is 267 g/mol. The summed E-state index contributed by atoms with van der Waals surface area (Å²) in [5.74, 6) is 1.20. The zero-order chi connectivity index (χ0) is 14.4. The van der Waals surface area contributed by atoms with E-state index in [9.17, 15) is 4.39 Å². The van der Waals surface area contributed by atoms with Gasteiger partial charge >= 0.3 is 0 Å². The number of fused-ring (bicyclic) bond motifs is 3. The quantitative estimate of drug-likeness (QED) is 0.642. The number of aromatic nitrogens is 2. The third kappa shape index (κ3) is 2.03. The van der Waals surface area contributed by atoms with Crippen LogP contribution in [0.25, 0.3) is 22.8 Å². The number of hydrogen-bond donors (Lipinski definition) is 0. The van der Waals surface area contributed by atoms with Gasteiger partial charge in [0.2, 0.25) is 5.89 Å². The van der Waals surface area contributed by atoms with Crippen LogP contribution in [0, 0.1) is 5.82 Å². The van der Waals surface area contributed by atoms with Gasteiger partial charge in [-0.1, -0.05) is 0 Å². The van der Waals surface area contributed by atoms with Gasteiger partial charge in [0, 0.05) is 23.3 Å². The maximum Gasteiger partial charge on any atom is 0.227 e. The van der Waals surface area contributed by atoms with Gasteiger partial charge in [-0.05, 0) is 36.6 Å². The molecule has 3 aromatic rings. The lowest BCUT2D eigenvalue weighted by Gasteiger charge is -2.13. The largest absolute Gasteiger partial charge is 0.436 e. The van der Waals surface area contributed by atoms with Crippen LogP contribution in [-0.4, -0.2) is 4.98 Å². The Kier molecular flexibility index (Phi) is 2.64. The normalized spacial score (nSPS) is 12.9. The number of halogens is 1. The number of benzene rings is 1. The Labute approximate surface area is 121 Å². The third-order valence-electron chi connectivity index (χ3n) is 3.87. The van der Waals surface area contributed by atoms with Gasteiger partial charge in [0.15, 0.2) is 18.2 Å². The van der Waals surface area contributed by atoms with Gasteiger partial charge in [0.05, 0.1) is 5.69 Å². The van der Waals surface area contributed by atoms with Crippen LogP contribution >= 0.6 is 0 Å². The van der Waals surface area contributed by atoms with E-state index in [4.69, 9.17) is 4.42 Å². The van der Waals surface area contributed by atoms with Gasteiger partial charge in [0.1, 0.15) is 12.9 Å². The molecule has 21 heavy (non-hydrogen) atoms. The van der Waals surface area contributed by atoms with E-state index in [0.29, 0.717) is 5.89 Å². The molecule has 1 aromatic carbocycles. The molecule has 4 rings (SSSR count). The summed E-state index contributed by atoms with van der Waals surface area (Å²) < 4.78 is 21.2. The highest BCUT2D eigenvalue weighted by Crippen LogP contribution is 2.36. The summed E-state index contributed by atoms with van der Waals surface area (Å²) in [7, 11) is 1.97. The fourth-order valence-corrected chi connectivity index (χ4v) is 2.74. The number of pyridine rings is 1. The maximum atomic E-state index is 13.3. The first-order valence-electron chi connectivity index (χ1n) is 6.95. The zero-order valence-electron chi connectivity index (χ0n) is 11.6. The average molecular weight is 281 g/mol. The van der Waals surface area contributed by atoms with Gasteiger partial charge in [-0.15, -0.1) is 0 Å². The van der Waals surface area contributed by atoms with E-state index >= 15 is 0 Å². The molecule has 1 aliphatic rings. The Morgan fingerprint density at radius 1 is 1.14 bits per heavy atom. The fraction of sp³-hybridized carbons (Fsp3) is 0.176. The SMILES string of the molecule is C[n+]1ccc(-c2nc3c(o2)-c2ccc(F)cc2CC3)cc1. The predicted octanol–water partition coefficient (Wildman–Crippen LogP) is 3.07. The maximum absolute atomic E-state index is 13.3. The highest BCUT2D eigenvalue weighted by Gasteiger charge is 2.23. The van der Waals surface area contributed by atoms with E-state index in [0.717, 1.165) is 41.0 Å². The van der Waals surface area contributed by atoms with E-state index in [1.807, 2.05) is 36.1 Å². The van der Waals surface area contributed by atoms with Crippen molar-refractivity contribution in [2.45, 2.75) is 12.8 Å². The van der Waals surface area contributed by atoms with E-state index in [2.05, 4.69) is 4.98 Å². The van der Waals surface area contributed by atoms with Crippen LogP contribution in [0.15, 0.2) is 47.1 Å². The van der Waals surface area contributed by atoms with Crippen LogP contribution < -0.4 is 4.57 Å². The molecule has 0 saturated carbocycles. The summed E-state index contributed by atoms with van der Waals surface area (Å²) >= 11 is 0. The minimum absolute atomic E-state index is 0.201. The highest BCUT2D eigenvalue weighted by atomic mass is 19.1. The number of oxazole rings is 1. The van der Waals surface area contributed by atoms with E-state index in [1.54, 1.807) is 12.1 Å². The molecule has 0 bridgehead atoms. The predicted molar refractivity (Wildman–Crippen MR) is 75.9 cm³/mol. The van der Waals surface area contributed by atoms with Crippen molar-refractivity contribution in [2.24, 2.45) is 7.05 Å². The second kappa shape index (κ2) is 4.52. The van der Waals surface area contributed by atoms with Crippen molar-refractivity contribution in [2.75, 3.05) is 0 Å². The van der Waals surface area contributed by atoms with Crippen LogP contribution in [-0.2, 0) is 19.9 Å². The van der Waals surface area contributed by atoms with Gasteiger partial charge in [0.25, 0.3) is 0 Å². The molecule has 4 heteroatoms. The summed E-state index contributed by atoms with van der Waals surface area (Å²) in [6, 6.07) is 8.79. The van der Waals surface area contributed by atoms with Gasteiger partial charge in [-0.3, -0.25) is 0 Å². The standard InChI is InChI=1S/C17H14FN2O/c1-20-8-6-11(7-9-20)17-19-15-5-2-12-10-13(18)3-4-14(12)16(15)21-17/h3-4,6-10H,2,5H2,1H3/q+1. The molecule has 1 aliphatic carbocycles. The van der Waals surface area contributed by atoms with Gasteiger partial charge in [-0.25, -0.2) is 13.9 Å². The van der Waals surface area contributed by atoms with Crippen molar-refractivity contribution in [3.8, 4) is 22.8 Å². The average Bonchev–Trinajstić information content (AvgIpc) is 2.92. The minimum Gasteiger partial charge on any atom is -0.436 e. The van der Waals surface area contributed by atoms with Crippen LogP contribution in [0.5, 0.6) is 0 Å². The summed E-state index contributed by atoms with van der Waals surface area (Å²) in [4.78, 5) is 4.60. The van der Waals surface area contributed by atoms with Crippen molar-refractivity contribution in [1.82, 2.24) is 4.98 Å². The summed E-state index contributed by atoms with van der Waals surface area (Å²) in [5.41, 5.74) is 3.85. The second-order valence-electron chi connectivity index (χ2n) is 5.35. The molecule has 0 radical (unpaired) electrons. The van der Waals surface area contributed by atoms with E-state index in [-0.39, 0.29) is 5.82 Å². The van der Waals surface area contributed by atoms with Crippen LogP contribution in [0.1, 0.15) is 11.3 Å². The van der Waals surface area contributed by atoms with Crippen molar-refractivity contribution in [3.63, 3.8) is 0 Å². The third-order valence-corrected chi connectivity index (χ3v) is 3.87. The lowest BCUT2D eigenvalue weighted by molar-refractivity contribution is -0.671. The number of hydrogen-bond acceptors (Lipinski definition) is 2. The Morgan fingerprint density at radius 2 is 1.95 bits per heavy atom. The van der Waals surface area contributed by atoms with Gasteiger partial charge < -0.3 is 4.42 Å². The van der Waals surface area contributed by atoms with Crippen molar-refractivity contribution >= 4 is 0 Å². The smallest absolute Gasteiger partial charge is 0.227 e. The minimum atomic E-state index is -0.201. The number of nitrogens with zero attached hydrogens (tertiary/aromatic N) is 2. The first-order chi connectivity index (χ1) is 10.2. The monoisotopic (exact) mass is 281 g/mol. The summed E-state index contributed by atoms with van der Waals surface area (Å²) in [6.45, 7) is 0. The van der Waals surface area contributed by atoms with Crippen molar-refractivity contribution in [3.05, 3.63) is 59.8 Å². The van der Waals surface area contributed by atoms with E-state index < -0.39 is 0 Å². The zero-order valence-corrected chi connectivity index (χ0v) is 11.6. The second-order valence-corrected chi connectivity index (χ2v) is 5.35. The number of rotatable bonds is 1. The number of aryl methyl sites for hydroxylation is 3. The molecular formula is C17H14FN2O+. The Balaban J connectivity index is 1.83. The molecule has 0 atom stereocenters. The van der Waals surface area contributed by atoms with Crippen molar-refractivity contribution in [1.29, 1.82) is 0 Å². The lowest BCUT2D eigenvalue weighted by Crippen LogP contribution is -2.25. The van der Waals surface area contributed by atoms with Crippen LogP contribution in [0.4, 0.5) is 4.39 Å². The van der Waals surface area contributed by atoms with Crippen LogP contribution in [0.2, 0.25) is 0 Å². The molecule has 0 unspecified atom stereocenters. The van der Waals surface area contributed by atoms with Gasteiger partial charge in [-0.2, -0.15) is 0 Å². The summed E-state index contributed by atoms with van der Waals surface area (Å²) in [5, 5.41) is 0. The summed E-state index contributed by atoms with van der Waals surface area (Å²) in [6.07, 6.45) is 5.51. The van der Waals surface area contributed by atoms with Crippen LogP contribution in [0.3, 0.4) is 0 Å². The Morgan fingerprint density at radius 3 is 2.76 bits per heavy atom. The molecule has 0 fully saturated rings. The topological polar surface area (TPSA) is 29.9 Å². The molecule has 0 N–H and O–H groups in total. The van der Waals surface area contributed by atoms with Crippen molar-refractivity contribution < 1.29 is 13.4 Å². The Hall–Kier alpha value is -2.49. The first-order valence-corrected chi connectivity index (χ1v) is 6.95. The fourth-order valence-electron chi connectivity index (χ4n) is 2.74. The Bertz CT molecular complexity index is 821. The molecule has 2 aromatic heterocycles. The molecule has 0 saturated heterocycles. The van der Waals surface area contributed by atoms with E-state index in [1.165, 1.54) is 6.07 Å².